The van der Waals surface area contributed by atoms with Crippen LogP contribution in [0.3, 0.4) is 0 Å². The van der Waals surface area contributed by atoms with Gasteiger partial charge in [-0.3, -0.25) is 10.5 Å². The van der Waals surface area contributed by atoms with Crippen molar-refractivity contribution < 1.29 is 15.3 Å². The molecule has 0 amide bonds. The van der Waals surface area contributed by atoms with Gasteiger partial charge < -0.3 is 4.74 Å². The Morgan fingerprint density at radius 2 is 1.91 bits per heavy atom. The molecule has 1 heterocycles. The van der Waals surface area contributed by atoms with Crippen molar-refractivity contribution in [2.24, 2.45) is 0 Å². The molecular formula is C8H18O3. The minimum absolute atomic E-state index is 0.654. The zero-order valence-corrected chi connectivity index (χ0v) is 7.12. The number of ether oxygens (including phenoxy) is 1. The number of unbranched alkanes of at least 4 members (excludes halogenated alkanes) is 3. The third-order valence-corrected chi connectivity index (χ3v) is 1.78. The minimum atomic E-state index is 0.654. The summed E-state index contributed by atoms with van der Waals surface area (Å²) in [6, 6.07) is 0. The third kappa shape index (κ3) is 7.78. The van der Waals surface area contributed by atoms with Crippen molar-refractivity contribution in [3.8, 4) is 0 Å². The molecule has 11 heavy (non-hydrogen) atoms. The predicted molar refractivity (Wildman–Crippen MR) is 43.8 cm³/mol. The van der Waals surface area contributed by atoms with Gasteiger partial charge in [0.1, 0.15) is 0 Å². The maximum atomic E-state index is 6.00. The van der Waals surface area contributed by atoms with Crippen LogP contribution in [0.1, 0.15) is 39.0 Å². The number of hydrogen-bond donors (Lipinski definition) is 2. The highest BCUT2D eigenvalue weighted by Crippen LogP contribution is 2.17. The Hall–Kier alpha value is -0.120. The molecule has 1 saturated heterocycles. The van der Waals surface area contributed by atoms with Gasteiger partial charge >= 0.3 is 0 Å². The highest BCUT2D eigenvalue weighted by Gasteiger charge is 2.20. The van der Waals surface area contributed by atoms with Gasteiger partial charge in [-0.05, 0) is 6.42 Å². The molecule has 1 rings (SSSR count). The molecule has 0 saturated carbocycles. The quantitative estimate of drug-likeness (QED) is 0.282. The second-order valence-electron chi connectivity index (χ2n) is 2.80. The van der Waals surface area contributed by atoms with Gasteiger partial charge in [-0.1, -0.05) is 32.6 Å². The summed E-state index contributed by atoms with van der Waals surface area (Å²) >= 11 is 0. The zero-order valence-electron chi connectivity index (χ0n) is 7.12. The van der Waals surface area contributed by atoms with E-state index in [0.717, 1.165) is 6.61 Å². The number of rotatable bonds is 5. The van der Waals surface area contributed by atoms with Crippen LogP contribution in [-0.4, -0.2) is 23.2 Å². The molecule has 3 nitrogen and oxygen atoms in total. The van der Waals surface area contributed by atoms with E-state index < -0.39 is 0 Å². The van der Waals surface area contributed by atoms with Crippen LogP contribution in [0.15, 0.2) is 0 Å². The van der Waals surface area contributed by atoms with Crippen molar-refractivity contribution in [2.45, 2.75) is 45.1 Å². The highest BCUT2D eigenvalue weighted by atomic mass is 17.0. The van der Waals surface area contributed by atoms with Crippen molar-refractivity contribution in [1.82, 2.24) is 0 Å². The van der Waals surface area contributed by atoms with Crippen molar-refractivity contribution >= 4 is 0 Å². The second-order valence-corrected chi connectivity index (χ2v) is 2.80. The molecule has 1 atom stereocenters. The minimum Gasteiger partial charge on any atom is -0.373 e. The average Bonchev–Trinajstić information content (AvgIpc) is 2.86. The molecule has 1 fully saturated rings. The monoisotopic (exact) mass is 162 g/mol. The van der Waals surface area contributed by atoms with Crippen LogP contribution >= 0.6 is 0 Å². The largest absolute Gasteiger partial charge is 0.373 e. The molecule has 1 unspecified atom stereocenters. The second kappa shape index (κ2) is 7.98. The first kappa shape index (κ1) is 10.9. The SMILES string of the molecule is CCCCCCC1CO1.OO. The first-order valence-corrected chi connectivity index (χ1v) is 4.25. The van der Waals surface area contributed by atoms with E-state index in [4.69, 9.17) is 15.3 Å². The van der Waals surface area contributed by atoms with Crippen molar-refractivity contribution in [3.05, 3.63) is 0 Å². The third-order valence-electron chi connectivity index (χ3n) is 1.78. The highest BCUT2D eigenvalue weighted by molar-refractivity contribution is 4.67. The topological polar surface area (TPSA) is 53.0 Å². The van der Waals surface area contributed by atoms with E-state index in [1.807, 2.05) is 0 Å². The van der Waals surface area contributed by atoms with E-state index in [0.29, 0.717) is 6.10 Å². The van der Waals surface area contributed by atoms with Crippen LogP contribution in [0, 0.1) is 0 Å². The van der Waals surface area contributed by atoms with E-state index in [1.165, 1.54) is 32.1 Å². The van der Waals surface area contributed by atoms with E-state index in [1.54, 1.807) is 0 Å². The lowest BCUT2D eigenvalue weighted by Crippen LogP contribution is -1.84. The van der Waals surface area contributed by atoms with Gasteiger partial charge in [0, 0.05) is 0 Å². The van der Waals surface area contributed by atoms with Crippen LogP contribution < -0.4 is 0 Å². The fourth-order valence-corrected chi connectivity index (χ4v) is 1.03. The maximum absolute atomic E-state index is 6.00. The number of hydrogen-bond acceptors (Lipinski definition) is 3. The Labute approximate surface area is 67.9 Å². The van der Waals surface area contributed by atoms with Crippen LogP contribution in [0.25, 0.3) is 0 Å². The Morgan fingerprint density at radius 3 is 2.36 bits per heavy atom. The molecule has 2 N–H and O–H groups in total. The Kier molecular flexibility index (Phi) is 7.89. The smallest absolute Gasteiger partial charge is 0.0810 e. The normalized spacial score (nSPS) is 20.5. The summed E-state index contributed by atoms with van der Waals surface area (Å²) in [4.78, 5) is 0. The van der Waals surface area contributed by atoms with Gasteiger partial charge in [0.15, 0.2) is 0 Å². The van der Waals surface area contributed by atoms with Crippen molar-refractivity contribution in [1.29, 1.82) is 0 Å². The molecule has 1 aliphatic heterocycles. The fraction of sp³-hybridized carbons (Fsp3) is 1.00. The predicted octanol–water partition coefficient (Wildman–Crippen LogP) is 2.37. The van der Waals surface area contributed by atoms with Crippen LogP contribution in [-0.2, 0) is 4.74 Å². The van der Waals surface area contributed by atoms with Gasteiger partial charge in [-0.2, -0.15) is 0 Å². The summed E-state index contributed by atoms with van der Waals surface area (Å²) in [6.45, 7) is 3.28. The molecule has 0 bridgehead atoms. The van der Waals surface area contributed by atoms with Crippen molar-refractivity contribution in [2.75, 3.05) is 6.61 Å². The summed E-state index contributed by atoms with van der Waals surface area (Å²) in [5.41, 5.74) is 0. The van der Waals surface area contributed by atoms with E-state index in [-0.39, 0.29) is 0 Å². The summed E-state index contributed by atoms with van der Waals surface area (Å²) in [6.07, 6.45) is 7.47. The Balaban J connectivity index is 0.000000461. The average molecular weight is 162 g/mol. The molecule has 0 radical (unpaired) electrons. The van der Waals surface area contributed by atoms with Gasteiger partial charge in [-0.25, -0.2) is 0 Å². The lowest BCUT2D eigenvalue weighted by atomic mass is 10.1. The maximum Gasteiger partial charge on any atom is 0.0810 e. The summed E-state index contributed by atoms with van der Waals surface area (Å²) in [7, 11) is 0. The van der Waals surface area contributed by atoms with E-state index in [2.05, 4.69) is 6.92 Å². The zero-order chi connectivity index (χ0) is 8.53. The first-order chi connectivity index (χ1) is 5.43. The Bertz CT molecular complexity index is 71.7. The van der Waals surface area contributed by atoms with Gasteiger partial charge in [0.25, 0.3) is 0 Å². The Morgan fingerprint density at radius 1 is 1.27 bits per heavy atom. The lowest BCUT2D eigenvalue weighted by Gasteiger charge is -1.93. The summed E-state index contributed by atoms with van der Waals surface area (Å²) < 4.78 is 5.09. The van der Waals surface area contributed by atoms with E-state index >= 15 is 0 Å². The van der Waals surface area contributed by atoms with Crippen molar-refractivity contribution in [3.63, 3.8) is 0 Å². The molecule has 0 aliphatic carbocycles. The molecule has 0 aromatic carbocycles. The lowest BCUT2D eigenvalue weighted by molar-refractivity contribution is -0.176. The van der Waals surface area contributed by atoms with E-state index in [9.17, 15) is 0 Å². The molecule has 3 heteroatoms. The van der Waals surface area contributed by atoms with Crippen LogP contribution in [0.4, 0.5) is 0 Å². The van der Waals surface area contributed by atoms with Crippen LogP contribution in [0.5, 0.6) is 0 Å². The summed E-state index contributed by atoms with van der Waals surface area (Å²) in [5.74, 6) is 0. The summed E-state index contributed by atoms with van der Waals surface area (Å²) in [5, 5.41) is 12.0. The molecule has 0 aromatic rings. The van der Waals surface area contributed by atoms with Gasteiger partial charge in [-0.15, -0.1) is 0 Å². The number of epoxide rings is 1. The fourth-order valence-electron chi connectivity index (χ4n) is 1.03. The first-order valence-electron chi connectivity index (χ1n) is 4.25. The molecule has 0 aromatic heterocycles. The molecule has 68 valence electrons. The molecule has 0 spiro atoms. The molecular weight excluding hydrogens is 144 g/mol. The molecule has 1 aliphatic rings. The van der Waals surface area contributed by atoms with Gasteiger partial charge in [0.2, 0.25) is 0 Å². The van der Waals surface area contributed by atoms with Gasteiger partial charge in [0.05, 0.1) is 12.7 Å². The standard InChI is InChI=1S/C8H16O.H2O2/c1-2-3-4-5-6-8-7-9-8;1-2/h8H,2-7H2,1H3;1-2H. The van der Waals surface area contributed by atoms with Crippen LogP contribution in [0.2, 0.25) is 0 Å².